The van der Waals surface area contributed by atoms with Gasteiger partial charge >= 0.3 is 0 Å². The zero-order chi connectivity index (χ0) is 22.2. The smallest absolute Gasteiger partial charge is 0.251 e. The fourth-order valence-electron chi connectivity index (χ4n) is 3.44. The third kappa shape index (κ3) is 6.18. The molecule has 3 rings (SSSR count). The maximum atomic E-state index is 12.5. The van der Waals surface area contributed by atoms with E-state index in [-0.39, 0.29) is 18.4 Å². The standard InChI is InChI=1S/C24H29N5O2/c1-4-29(18(2)3)22-11-9-20(10-12-22)24(31)25-16-19-7-5-8-21(15-19)27-23(30)17-28-14-6-13-26-28/h5-15,18H,4,16-17H2,1-3H3,(H,25,31)(H,27,30). The Hall–Kier alpha value is -3.61. The van der Waals surface area contributed by atoms with Crippen LogP contribution in [0.25, 0.3) is 0 Å². The summed E-state index contributed by atoms with van der Waals surface area (Å²) in [6.45, 7) is 7.86. The summed E-state index contributed by atoms with van der Waals surface area (Å²) in [6.07, 6.45) is 3.37. The molecular formula is C24H29N5O2. The van der Waals surface area contributed by atoms with E-state index in [4.69, 9.17) is 0 Å². The Labute approximate surface area is 183 Å². The fraction of sp³-hybridized carbons (Fsp3) is 0.292. The average Bonchev–Trinajstić information content (AvgIpc) is 3.26. The molecule has 1 heterocycles. The second kappa shape index (κ2) is 10.4. The molecule has 0 spiro atoms. The van der Waals surface area contributed by atoms with E-state index in [0.29, 0.717) is 23.8 Å². The van der Waals surface area contributed by atoms with Crippen molar-refractivity contribution in [3.8, 4) is 0 Å². The third-order valence-corrected chi connectivity index (χ3v) is 4.95. The highest BCUT2D eigenvalue weighted by Gasteiger charge is 2.11. The first-order valence-electron chi connectivity index (χ1n) is 10.5. The molecule has 2 N–H and O–H groups in total. The Kier molecular flexibility index (Phi) is 7.43. The zero-order valence-electron chi connectivity index (χ0n) is 18.2. The van der Waals surface area contributed by atoms with Crippen LogP contribution in [0.15, 0.2) is 67.0 Å². The molecule has 1 aromatic heterocycles. The van der Waals surface area contributed by atoms with Gasteiger partial charge in [0.25, 0.3) is 5.91 Å². The van der Waals surface area contributed by atoms with E-state index in [2.05, 4.69) is 41.4 Å². The van der Waals surface area contributed by atoms with Crippen LogP contribution in [-0.4, -0.2) is 34.2 Å². The van der Waals surface area contributed by atoms with Crippen molar-refractivity contribution in [2.75, 3.05) is 16.8 Å². The highest BCUT2D eigenvalue weighted by Crippen LogP contribution is 2.18. The molecule has 0 fully saturated rings. The van der Waals surface area contributed by atoms with Gasteiger partial charge in [0.2, 0.25) is 5.91 Å². The largest absolute Gasteiger partial charge is 0.369 e. The van der Waals surface area contributed by atoms with Gasteiger partial charge in [-0.25, -0.2) is 0 Å². The van der Waals surface area contributed by atoms with Crippen molar-refractivity contribution in [2.45, 2.75) is 39.9 Å². The summed E-state index contributed by atoms with van der Waals surface area (Å²) >= 11 is 0. The number of hydrogen-bond acceptors (Lipinski definition) is 4. The van der Waals surface area contributed by atoms with Crippen LogP contribution in [0.3, 0.4) is 0 Å². The van der Waals surface area contributed by atoms with Crippen LogP contribution in [0.4, 0.5) is 11.4 Å². The lowest BCUT2D eigenvalue weighted by Crippen LogP contribution is -2.30. The summed E-state index contributed by atoms with van der Waals surface area (Å²) in [5.41, 5.74) is 3.31. The molecule has 7 heteroatoms. The first-order valence-corrected chi connectivity index (χ1v) is 10.5. The molecule has 162 valence electrons. The van der Waals surface area contributed by atoms with Crippen molar-refractivity contribution in [1.82, 2.24) is 15.1 Å². The van der Waals surface area contributed by atoms with E-state index in [1.54, 1.807) is 23.1 Å². The molecule has 3 aromatic rings. The van der Waals surface area contributed by atoms with Gasteiger partial charge in [-0.15, -0.1) is 0 Å². The molecule has 0 aliphatic rings. The number of carbonyl (C=O) groups excluding carboxylic acids is 2. The van der Waals surface area contributed by atoms with Crippen molar-refractivity contribution in [2.24, 2.45) is 0 Å². The monoisotopic (exact) mass is 419 g/mol. The highest BCUT2D eigenvalue weighted by atomic mass is 16.2. The Morgan fingerprint density at radius 3 is 2.52 bits per heavy atom. The molecule has 0 unspecified atom stereocenters. The number of nitrogens with one attached hydrogen (secondary N) is 2. The molecule has 0 saturated heterocycles. The molecule has 0 aliphatic carbocycles. The number of anilines is 2. The topological polar surface area (TPSA) is 79.3 Å². The minimum absolute atomic E-state index is 0.132. The number of aromatic nitrogens is 2. The molecule has 31 heavy (non-hydrogen) atoms. The summed E-state index contributed by atoms with van der Waals surface area (Å²) in [7, 11) is 0. The highest BCUT2D eigenvalue weighted by molar-refractivity contribution is 5.94. The lowest BCUT2D eigenvalue weighted by Gasteiger charge is -2.27. The lowest BCUT2D eigenvalue weighted by atomic mass is 10.1. The van der Waals surface area contributed by atoms with Crippen LogP contribution < -0.4 is 15.5 Å². The molecule has 0 atom stereocenters. The second-order valence-electron chi connectivity index (χ2n) is 7.56. The van der Waals surface area contributed by atoms with Crippen molar-refractivity contribution < 1.29 is 9.59 Å². The van der Waals surface area contributed by atoms with Gasteiger partial charge in [0.15, 0.2) is 0 Å². The molecule has 0 aliphatic heterocycles. The predicted octanol–water partition coefficient (Wildman–Crippen LogP) is 3.69. The van der Waals surface area contributed by atoms with Crippen LogP contribution in [0.2, 0.25) is 0 Å². The van der Waals surface area contributed by atoms with Crippen LogP contribution in [0.1, 0.15) is 36.7 Å². The molecule has 0 saturated carbocycles. The predicted molar refractivity (Wildman–Crippen MR) is 123 cm³/mol. The van der Waals surface area contributed by atoms with Crippen LogP contribution in [0.5, 0.6) is 0 Å². The van der Waals surface area contributed by atoms with Crippen molar-refractivity contribution in [3.63, 3.8) is 0 Å². The van der Waals surface area contributed by atoms with E-state index in [1.807, 2.05) is 48.5 Å². The number of benzene rings is 2. The maximum Gasteiger partial charge on any atom is 0.251 e. The molecule has 2 aromatic carbocycles. The first-order chi connectivity index (χ1) is 15.0. The van der Waals surface area contributed by atoms with Crippen LogP contribution >= 0.6 is 0 Å². The van der Waals surface area contributed by atoms with Crippen LogP contribution in [-0.2, 0) is 17.9 Å². The number of carbonyl (C=O) groups is 2. The normalized spacial score (nSPS) is 10.7. The van der Waals surface area contributed by atoms with E-state index in [0.717, 1.165) is 17.8 Å². The molecular weight excluding hydrogens is 390 g/mol. The SMILES string of the molecule is CCN(c1ccc(C(=O)NCc2cccc(NC(=O)Cn3cccn3)c2)cc1)C(C)C. The Morgan fingerprint density at radius 1 is 1.10 bits per heavy atom. The summed E-state index contributed by atoms with van der Waals surface area (Å²) in [5, 5.41) is 9.82. The van der Waals surface area contributed by atoms with Gasteiger partial charge in [-0.3, -0.25) is 14.3 Å². The van der Waals surface area contributed by atoms with Gasteiger partial charge in [-0.2, -0.15) is 5.10 Å². The third-order valence-electron chi connectivity index (χ3n) is 4.95. The zero-order valence-corrected chi connectivity index (χ0v) is 18.2. The average molecular weight is 420 g/mol. The van der Waals surface area contributed by atoms with Gasteiger partial charge < -0.3 is 15.5 Å². The van der Waals surface area contributed by atoms with Gasteiger partial charge in [0.05, 0.1) is 0 Å². The van der Waals surface area contributed by atoms with E-state index < -0.39 is 0 Å². The van der Waals surface area contributed by atoms with Gasteiger partial charge in [-0.05, 0) is 68.8 Å². The minimum atomic E-state index is -0.160. The quantitative estimate of drug-likeness (QED) is 0.554. The molecule has 0 radical (unpaired) electrons. The number of amides is 2. The summed E-state index contributed by atoms with van der Waals surface area (Å²) in [6, 6.07) is 17.3. The van der Waals surface area contributed by atoms with Crippen molar-refractivity contribution in [1.29, 1.82) is 0 Å². The summed E-state index contributed by atoms with van der Waals surface area (Å²) < 4.78 is 1.56. The second-order valence-corrected chi connectivity index (χ2v) is 7.56. The molecule has 0 bridgehead atoms. The van der Waals surface area contributed by atoms with E-state index >= 15 is 0 Å². The van der Waals surface area contributed by atoms with Crippen molar-refractivity contribution in [3.05, 3.63) is 78.1 Å². The Morgan fingerprint density at radius 2 is 1.87 bits per heavy atom. The van der Waals surface area contributed by atoms with E-state index in [1.165, 1.54) is 0 Å². The van der Waals surface area contributed by atoms with Gasteiger partial charge in [0, 0.05) is 48.5 Å². The number of hydrogen-bond donors (Lipinski definition) is 2. The van der Waals surface area contributed by atoms with Gasteiger partial charge in [-0.1, -0.05) is 12.1 Å². The number of rotatable bonds is 9. The van der Waals surface area contributed by atoms with Crippen LogP contribution in [0, 0.1) is 0 Å². The molecule has 7 nitrogen and oxygen atoms in total. The first kappa shape index (κ1) is 22.1. The minimum Gasteiger partial charge on any atom is -0.369 e. The van der Waals surface area contributed by atoms with E-state index in [9.17, 15) is 9.59 Å². The Bertz CT molecular complexity index is 997. The lowest BCUT2D eigenvalue weighted by molar-refractivity contribution is -0.116. The number of nitrogens with zero attached hydrogens (tertiary/aromatic N) is 3. The maximum absolute atomic E-state index is 12.5. The molecule has 2 amide bonds. The summed E-state index contributed by atoms with van der Waals surface area (Å²) in [5.74, 6) is -0.292. The summed E-state index contributed by atoms with van der Waals surface area (Å²) in [4.78, 5) is 26.9. The Balaban J connectivity index is 1.55. The van der Waals surface area contributed by atoms with Crippen molar-refractivity contribution >= 4 is 23.2 Å². The van der Waals surface area contributed by atoms with Gasteiger partial charge in [0.1, 0.15) is 6.54 Å². The fourth-order valence-corrected chi connectivity index (χ4v) is 3.44.